The lowest BCUT2D eigenvalue weighted by Gasteiger charge is -2.26. The Bertz CT molecular complexity index is 997. The largest absolute Gasteiger partial charge is 0.486 e. The van der Waals surface area contributed by atoms with Gasteiger partial charge in [0.2, 0.25) is 10.0 Å². The molecule has 0 aromatic heterocycles. The van der Waals surface area contributed by atoms with E-state index in [9.17, 15) is 13.7 Å². The fourth-order valence-electron chi connectivity index (χ4n) is 3.71. The number of nitrogens with zero attached hydrogens (tertiary/aromatic N) is 2. The summed E-state index contributed by atoms with van der Waals surface area (Å²) in [4.78, 5) is 0. The zero-order valence-corrected chi connectivity index (χ0v) is 15.6. The van der Waals surface area contributed by atoms with Gasteiger partial charge in [0.05, 0.1) is 17.4 Å². The summed E-state index contributed by atoms with van der Waals surface area (Å²) >= 11 is 0. The smallest absolute Gasteiger partial charge is 0.218 e. The van der Waals surface area contributed by atoms with Crippen molar-refractivity contribution in [2.45, 2.75) is 24.6 Å². The maximum Gasteiger partial charge on any atom is 0.218 e. The Labute approximate surface area is 159 Å². The second kappa shape index (κ2) is 7.22. The number of hydrogen-bond acceptors (Lipinski definition) is 5. The number of sulfonamides is 1. The number of fused-ring (bicyclic) bond motifs is 1. The highest BCUT2D eigenvalue weighted by atomic mass is 32.2. The molecule has 1 atom stereocenters. The first-order valence-corrected chi connectivity index (χ1v) is 10.6. The molecule has 140 valence electrons. The summed E-state index contributed by atoms with van der Waals surface area (Å²) < 4.78 is 39.0. The number of rotatable bonds is 4. The maximum atomic E-state index is 13.1. The van der Waals surface area contributed by atoms with Crippen LogP contribution in [0.25, 0.3) is 0 Å². The van der Waals surface area contributed by atoms with Gasteiger partial charge in [-0.2, -0.15) is 9.57 Å². The molecule has 4 rings (SSSR count). The highest BCUT2D eigenvalue weighted by Crippen LogP contribution is 2.39. The van der Waals surface area contributed by atoms with Crippen molar-refractivity contribution in [1.29, 1.82) is 5.26 Å². The first kappa shape index (κ1) is 17.8. The van der Waals surface area contributed by atoms with Gasteiger partial charge < -0.3 is 9.47 Å². The number of ether oxygens (including phenoxy) is 2. The van der Waals surface area contributed by atoms with Crippen molar-refractivity contribution in [3.63, 3.8) is 0 Å². The highest BCUT2D eigenvalue weighted by molar-refractivity contribution is 7.88. The van der Waals surface area contributed by atoms with Gasteiger partial charge in [0.1, 0.15) is 13.2 Å². The molecule has 0 spiro atoms. The predicted octanol–water partition coefficient (Wildman–Crippen LogP) is 3.00. The summed E-state index contributed by atoms with van der Waals surface area (Å²) in [5, 5.41) is 9.24. The number of benzene rings is 2. The van der Waals surface area contributed by atoms with E-state index in [4.69, 9.17) is 9.47 Å². The van der Waals surface area contributed by atoms with E-state index in [1.807, 2.05) is 18.2 Å². The molecule has 2 aromatic rings. The normalized spacial score (nSPS) is 19.6. The standard InChI is InChI=1S/C20H20N2O4S/c21-13-16-4-1-2-5-17(16)14-27(23,24)22-9-3-6-18(22)15-7-8-19-20(12-15)26-11-10-25-19/h1-2,4-5,7-8,12,18H,3,6,9-11,14H2. The minimum Gasteiger partial charge on any atom is -0.486 e. The van der Waals surface area contributed by atoms with Crippen LogP contribution < -0.4 is 9.47 Å². The molecule has 0 amide bonds. The first-order valence-electron chi connectivity index (χ1n) is 8.95. The Hall–Kier alpha value is -2.56. The van der Waals surface area contributed by atoms with E-state index in [-0.39, 0.29) is 11.8 Å². The summed E-state index contributed by atoms with van der Waals surface area (Å²) in [5.41, 5.74) is 1.85. The van der Waals surface area contributed by atoms with Crippen LogP contribution in [0.1, 0.15) is 35.6 Å². The molecule has 0 radical (unpaired) electrons. The fourth-order valence-corrected chi connectivity index (χ4v) is 5.54. The van der Waals surface area contributed by atoms with Crippen LogP contribution >= 0.6 is 0 Å². The Morgan fingerprint density at radius 2 is 1.89 bits per heavy atom. The van der Waals surface area contributed by atoms with Gasteiger partial charge >= 0.3 is 0 Å². The molecule has 0 N–H and O–H groups in total. The van der Waals surface area contributed by atoms with E-state index in [1.165, 1.54) is 0 Å². The molecule has 0 bridgehead atoms. The average Bonchev–Trinajstić information content (AvgIpc) is 3.19. The van der Waals surface area contributed by atoms with Crippen molar-refractivity contribution in [3.05, 3.63) is 59.2 Å². The van der Waals surface area contributed by atoms with Crippen LogP contribution in [0.3, 0.4) is 0 Å². The summed E-state index contributed by atoms with van der Waals surface area (Å²) in [5.74, 6) is 1.19. The van der Waals surface area contributed by atoms with Crippen molar-refractivity contribution >= 4 is 10.0 Å². The van der Waals surface area contributed by atoms with Crippen molar-refractivity contribution in [2.24, 2.45) is 0 Å². The van der Waals surface area contributed by atoms with E-state index in [2.05, 4.69) is 6.07 Å². The highest BCUT2D eigenvalue weighted by Gasteiger charge is 2.36. The van der Waals surface area contributed by atoms with Crippen molar-refractivity contribution in [1.82, 2.24) is 4.31 Å². The van der Waals surface area contributed by atoms with E-state index in [0.717, 1.165) is 18.4 Å². The zero-order chi connectivity index (χ0) is 18.9. The second-order valence-electron chi connectivity index (χ2n) is 6.70. The number of nitriles is 1. The van der Waals surface area contributed by atoms with Gasteiger partial charge in [0.25, 0.3) is 0 Å². The van der Waals surface area contributed by atoms with E-state index in [0.29, 0.717) is 42.4 Å². The molecular formula is C20H20N2O4S. The minimum absolute atomic E-state index is 0.169. The van der Waals surface area contributed by atoms with Crippen molar-refractivity contribution in [2.75, 3.05) is 19.8 Å². The van der Waals surface area contributed by atoms with Gasteiger partial charge in [-0.1, -0.05) is 24.3 Å². The Morgan fingerprint density at radius 3 is 2.70 bits per heavy atom. The fraction of sp³-hybridized carbons (Fsp3) is 0.350. The van der Waals surface area contributed by atoms with Gasteiger partial charge in [-0.25, -0.2) is 8.42 Å². The summed E-state index contributed by atoms with van der Waals surface area (Å²) in [7, 11) is -3.55. The average molecular weight is 384 g/mol. The maximum absolute atomic E-state index is 13.1. The van der Waals surface area contributed by atoms with Crippen LogP contribution in [0.15, 0.2) is 42.5 Å². The molecule has 7 heteroatoms. The third-order valence-electron chi connectivity index (χ3n) is 4.99. The Kier molecular flexibility index (Phi) is 4.77. The SMILES string of the molecule is N#Cc1ccccc1CS(=O)(=O)N1CCCC1c1ccc2c(c1)OCCO2. The second-order valence-corrected chi connectivity index (χ2v) is 8.62. The predicted molar refractivity (Wildman–Crippen MR) is 99.9 cm³/mol. The molecule has 0 aliphatic carbocycles. The van der Waals surface area contributed by atoms with Gasteiger partial charge in [-0.3, -0.25) is 0 Å². The van der Waals surface area contributed by atoms with E-state index < -0.39 is 10.0 Å². The van der Waals surface area contributed by atoms with Crippen LogP contribution in [-0.4, -0.2) is 32.5 Å². The van der Waals surface area contributed by atoms with Gasteiger partial charge in [0, 0.05) is 12.6 Å². The lowest BCUT2D eigenvalue weighted by molar-refractivity contribution is 0.171. The number of hydrogen-bond donors (Lipinski definition) is 0. The van der Waals surface area contributed by atoms with Crippen LogP contribution in [0.4, 0.5) is 0 Å². The van der Waals surface area contributed by atoms with Crippen molar-refractivity contribution < 1.29 is 17.9 Å². The molecule has 0 saturated carbocycles. The summed E-state index contributed by atoms with van der Waals surface area (Å²) in [6.45, 7) is 1.50. The molecule has 2 aliphatic rings. The van der Waals surface area contributed by atoms with Crippen molar-refractivity contribution in [3.8, 4) is 17.6 Å². The topological polar surface area (TPSA) is 79.6 Å². The third kappa shape index (κ3) is 3.51. The van der Waals surface area contributed by atoms with Crippen LogP contribution in [0, 0.1) is 11.3 Å². The van der Waals surface area contributed by atoms with E-state index in [1.54, 1.807) is 28.6 Å². The van der Waals surface area contributed by atoms with Gasteiger partial charge in [-0.15, -0.1) is 0 Å². The quantitative estimate of drug-likeness (QED) is 0.810. The molecular weight excluding hydrogens is 364 g/mol. The van der Waals surface area contributed by atoms with Crippen LogP contribution in [0.2, 0.25) is 0 Å². The van der Waals surface area contributed by atoms with E-state index >= 15 is 0 Å². The lowest BCUT2D eigenvalue weighted by atomic mass is 10.0. The molecule has 2 heterocycles. The molecule has 1 fully saturated rings. The molecule has 6 nitrogen and oxygen atoms in total. The molecule has 27 heavy (non-hydrogen) atoms. The summed E-state index contributed by atoms with van der Waals surface area (Å²) in [6, 6.07) is 14.3. The monoisotopic (exact) mass is 384 g/mol. The minimum atomic E-state index is -3.55. The molecule has 2 aromatic carbocycles. The molecule has 1 saturated heterocycles. The molecule has 2 aliphatic heterocycles. The lowest BCUT2D eigenvalue weighted by Crippen LogP contribution is -2.32. The van der Waals surface area contributed by atoms with Gasteiger partial charge in [-0.05, 0) is 42.2 Å². The van der Waals surface area contributed by atoms with Gasteiger partial charge in [0.15, 0.2) is 11.5 Å². The first-order chi connectivity index (χ1) is 13.1. The zero-order valence-electron chi connectivity index (χ0n) is 14.8. The Balaban J connectivity index is 1.62. The van der Waals surface area contributed by atoms with Crippen LogP contribution in [-0.2, 0) is 15.8 Å². The van der Waals surface area contributed by atoms with Crippen LogP contribution in [0.5, 0.6) is 11.5 Å². The third-order valence-corrected chi connectivity index (χ3v) is 6.82. The Morgan fingerprint density at radius 1 is 1.11 bits per heavy atom. The molecule has 1 unspecified atom stereocenters. The summed E-state index contributed by atoms with van der Waals surface area (Å²) in [6.07, 6.45) is 1.57.